The number of halogens is 1. The van der Waals surface area contributed by atoms with E-state index in [-0.39, 0.29) is 13.0 Å². The minimum Gasteiger partial charge on any atom is -0.299 e. The molecule has 0 aliphatic heterocycles. The molecule has 0 aliphatic carbocycles. The fourth-order valence-electron chi connectivity index (χ4n) is 0.438. The van der Waals surface area contributed by atoms with Crippen LogP contribution >= 0.6 is 0 Å². The summed E-state index contributed by atoms with van der Waals surface area (Å²) < 4.78 is 11.4. The molecule has 0 saturated carbocycles. The van der Waals surface area contributed by atoms with E-state index in [1.807, 2.05) is 5.18 Å². The molecule has 66 valence electrons. The van der Waals surface area contributed by atoms with Crippen LogP contribution in [0.15, 0.2) is 10.2 Å². The van der Waals surface area contributed by atoms with Gasteiger partial charge in [-0.15, -0.1) is 4.91 Å². The van der Waals surface area contributed by atoms with Crippen molar-refractivity contribution >= 4 is 17.8 Å². The molecule has 6 heteroatoms. The summed E-state index contributed by atoms with van der Waals surface area (Å²) in [6.07, 6.45) is 1.13. The maximum absolute atomic E-state index is 11.4. The number of rotatable bonds is 5. The Balaban J connectivity index is 3.71. The van der Waals surface area contributed by atoms with Crippen LogP contribution < -0.4 is 0 Å². The summed E-state index contributed by atoms with van der Waals surface area (Å²) in [7, 11) is 0. The lowest BCUT2D eigenvalue weighted by Crippen LogP contribution is -2.09. The SMILES string of the molecule is N=C(CC=NCCF)C(=O)N=O. The highest BCUT2D eigenvalue weighted by Gasteiger charge is 2.06. The second-order valence-corrected chi connectivity index (χ2v) is 1.86. The first-order valence-corrected chi connectivity index (χ1v) is 3.21. The van der Waals surface area contributed by atoms with Crippen LogP contribution in [-0.4, -0.2) is 31.1 Å². The predicted octanol–water partition coefficient (Wildman–Crippen LogP) is 0.730. The normalized spacial score (nSPS) is 10.1. The first-order valence-electron chi connectivity index (χ1n) is 3.21. The molecule has 1 amide bonds. The summed E-state index contributed by atoms with van der Waals surface area (Å²) >= 11 is 0. The van der Waals surface area contributed by atoms with Crippen LogP contribution in [0, 0.1) is 10.3 Å². The number of alkyl halides is 1. The molecule has 0 unspecified atom stereocenters. The third-order valence-corrected chi connectivity index (χ3v) is 0.979. The Labute approximate surface area is 68.2 Å². The second-order valence-electron chi connectivity index (χ2n) is 1.86. The molecular formula is C6H8FN3O2. The summed E-state index contributed by atoms with van der Waals surface area (Å²) in [5.41, 5.74) is -0.437. The molecule has 0 spiro atoms. The highest BCUT2D eigenvalue weighted by Crippen LogP contribution is 1.84. The van der Waals surface area contributed by atoms with E-state index in [1.165, 1.54) is 6.21 Å². The standard InChI is InChI=1S/C6H8FN3O2/c7-2-4-9-3-1-5(8)6(11)10-12/h3,8H,1-2,4H2. The van der Waals surface area contributed by atoms with Gasteiger partial charge in [-0.2, -0.15) is 0 Å². The van der Waals surface area contributed by atoms with Crippen LogP contribution in [0.25, 0.3) is 0 Å². The smallest absolute Gasteiger partial charge is 0.299 e. The largest absolute Gasteiger partial charge is 0.330 e. The Hall–Kier alpha value is -1.46. The van der Waals surface area contributed by atoms with Crippen LogP contribution in [0.3, 0.4) is 0 Å². The molecule has 0 atom stereocenters. The Morgan fingerprint density at radius 3 is 2.75 bits per heavy atom. The predicted molar refractivity (Wildman–Crippen MR) is 42.5 cm³/mol. The van der Waals surface area contributed by atoms with Gasteiger partial charge < -0.3 is 0 Å². The molecule has 0 aliphatic rings. The van der Waals surface area contributed by atoms with Crippen molar-refractivity contribution in [3.8, 4) is 0 Å². The quantitative estimate of drug-likeness (QED) is 0.491. The van der Waals surface area contributed by atoms with Crippen LogP contribution in [0.1, 0.15) is 6.42 Å². The third-order valence-electron chi connectivity index (χ3n) is 0.979. The number of hydrogen-bond acceptors (Lipinski definition) is 4. The molecule has 5 nitrogen and oxygen atoms in total. The van der Waals surface area contributed by atoms with E-state index >= 15 is 0 Å². The number of amides is 1. The summed E-state index contributed by atoms with van der Waals surface area (Å²) in [6.45, 7) is -0.570. The molecule has 0 fully saturated rings. The lowest BCUT2D eigenvalue weighted by molar-refractivity contribution is -0.112. The number of nitrogens with zero attached hydrogens (tertiary/aromatic N) is 2. The molecule has 0 aromatic heterocycles. The van der Waals surface area contributed by atoms with Crippen LogP contribution in [-0.2, 0) is 4.79 Å². The summed E-state index contributed by atoms with van der Waals surface area (Å²) in [6, 6.07) is 0. The van der Waals surface area contributed by atoms with Crippen molar-refractivity contribution in [1.82, 2.24) is 0 Å². The van der Waals surface area contributed by atoms with Gasteiger partial charge in [-0.05, 0) is 0 Å². The lowest BCUT2D eigenvalue weighted by Gasteiger charge is -1.88. The van der Waals surface area contributed by atoms with Crippen molar-refractivity contribution in [3.05, 3.63) is 4.91 Å². The molecular weight excluding hydrogens is 165 g/mol. The maximum Gasteiger partial charge on any atom is 0.330 e. The molecule has 0 rings (SSSR count). The number of nitroso groups, excluding NO2 is 1. The molecule has 0 aromatic rings. The van der Waals surface area contributed by atoms with E-state index < -0.39 is 18.3 Å². The Morgan fingerprint density at radius 1 is 1.58 bits per heavy atom. The number of nitrogens with one attached hydrogen (secondary N) is 1. The van der Waals surface area contributed by atoms with Gasteiger partial charge in [0, 0.05) is 17.8 Å². The Bertz CT molecular complexity index is 215. The summed E-state index contributed by atoms with van der Waals surface area (Å²) in [5.74, 6) is -1.11. The van der Waals surface area contributed by atoms with Gasteiger partial charge in [0.05, 0.1) is 6.54 Å². The third kappa shape index (κ3) is 4.37. The minimum absolute atomic E-state index is 0.00991. The Morgan fingerprint density at radius 2 is 2.25 bits per heavy atom. The zero-order chi connectivity index (χ0) is 9.40. The second kappa shape index (κ2) is 6.26. The average Bonchev–Trinajstić information content (AvgIpc) is 2.10. The van der Waals surface area contributed by atoms with Crippen molar-refractivity contribution in [2.24, 2.45) is 10.2 Å². The van der Waals surface area contributed by atoms with E-state index in [0.29, 0.717) is 0 Å². The zero-order valence-corrected chi connectivity index (χ0v) is 6.29. The highest BCUT2D eigenvalue weighted by atomic mass is 19.1. The maximum atomic E-state index is 11.4. The minimum atomic E-state index is -1.11. The average molecular weight is 173 g/mol. The molecule has 12 heavy (non-hydrogen) atoms. The molecule has 0 heterocycles. The summed E-state index contributed by atoms with van der Waals surface area (Å²) in [4.78, 5) is 23.4. The van der Waals surface area contributed by atoms with Gasteiger partial charge in [0.15, 0.2) is 0 Å². The van der Waals surface area contributed by atoms with Crippen molar-refractivity contribution in [2.45, 2.75) is 6.42 Å². The first-order chi connectivity index (χ1) is 5.72. The van der Waals surface area contributed by atoms with Crippen LogP contribution in [0.2, 0.25) is 0 Å². The van der Waals surface area contributed by atoms with E-state index in [4.69, 9.17) is 5.41 Å². The van der Waals surface area contributed by atoms with Crippen molar-refractivity contribution in [2.75, 3.05) is 13.2 Å². The van der Waals surface area contributed by atoms with Crippen molar-refractivity contribution in [3.63, 3.8) is 0 Å². The van der Waals surface area contributed by atoms with E-state index in [0.717, 1.165) is 0 Å². The molecule has 0 radical (unpaired) electrons. The number of carbonyl (C=O) groups is 1. The zero-order valence-electron chi connectivity index (χ0n) is 6.29. The molecule has 0 aromatic carbocycles. The lowest BCUT2D eigenvalue weighted by atomic mass is 10.3. The Kier molecular flexibility index (Phi) is 5.50. The van der Waals surface area contributed by atoms with Gasteiger partial charge in [0.1, 0.15) is 12.4 Å². The number of carbonyl (C=O) groups excluding carboxylic acids is 1. The molecule has 0 saturated heterocycles. The molecule has 0 bridgehead atoms. The van der Waals surface area contributed by atoms with Crippen molar-refractivity contribution in [1.29, 1.82) is 5.41 Å². The van der Waals surface area contributed by atoms with Gasteiger partial charge in [-0.1, -0.05) is 0 Å². The number of hydrogen-bond donors (Lipinski definition) is 1. The van der Waals surface area contributed by atoms with E-state index in [9.17, 15) is 14.1 Å². The number of aliphatic imine (C=N–C) groups is 1. The fraction of sp³-hybridized carbons (Fsp3) is 0.500. The van der Waals surface area contributed by atoms with Crippen LogP contribution in [0.5, 0.6) is 0 Å². The van der Waals surface area contributed by atoms with E-state index in [2.05, 4.69) is 4.99 Å². The van der Waals surface area contributed by atoms with Gasteiger partial charge in [0.25, 0.3) is 0 Å². The van der Waals surface area contributed by atoms with E-state index in [1.54, 1.807) is 0 Å². The monoisotopic (exact) mass is 173 g/mol. The van der Waals surface area contributed by atoms with Gasteiger partial charge in [-0.3, -0.25) is 15.2 Å². The van der Waals surface area contributed by atoms with Gasteiger partial charge in [-0.25, -0.2) is 4.39 Å². The fourth-order valence-corrected chi connectivity index (χ4v) is 0.438. The van der Waals surface area contributed by atoms with Crippen molar-refractivity contribution < 1.29 is 9.18 Å². The molecule has 1 N–H and O–H groups in total. The first kappa shape index (κ1) is 10.5. The van der Waals surface area contributed by atoms with Gasteiger partial charge in [0.2, 0.25) is 0 Å². The van der Waals surface area contributed by atoms with Crippen LogP contribution in [0.4, 0.5) is 4.39 Å². The topological polar surface area (TPSA) is 82.7 Å². The van der Waals surface area contributed by atoms with Gasteiger partial charge >= 0.3 is 5.91 Å². The summed E-state index contributed by atoms with van der Waals surface area (Å²) in [5, 5.41) is 8.94. The highest BCUT2D eigenvalue weighted by molar-refractivity contribution is 6.40.